The van der Waals surface area contributed by atoms with E-state index >= 15 is 0 Å². The zero-order valence-corrected chi connectivity index (χ0v) is 19.0. The second-order valence-electron chi connectivity index (χ2n) is 7.19. The highest BCUT2D eigenvalue weighted by Crippen LogP contribution is 2.25. The molecule has 1 aliphatic rings. The molecule has 1 saturated heterocycles. The Morgan fingerprint density at radius 2 is 1.79 bits per heavy atom. The van der Waals surface area contributed by atoms with Crippen molar-refractivity contribution in [2.45, 2.75) is 23.3 Å². The number of amides is 2. The van der Waals surface area contributed by atoms with Crippen LogP contribution in [0.2, 0.25) is 0 Å². The molecule has 1 fully saturated rings. The van der Waals surface area contributed by atoms with Crippen molar-refractivity contribution in [1.29, 1.82) is 0 Å². The summed E-state index contributed by atoms with van der Waals surface area (Å²) in [6.45, 7) is 1.02. The molecule has 1 aromatic heterocycles. The fraction of sp³-hybridized carbons (Fsp3) is 0.238. The third-order valence-corrected chi connectivity index (χ3v) is 7.39. The van der Waals surface area contributed by atoms with E-state index in [2.05, 4.69) is 25.6 Å². The Morgan fingerprint density at radius 1 is 1.03 bits per heavy atom. The van der Waals surface area contributed by atoms with Crippen molar-refractivity contribution in [2.24, 2.45) is 0 Å². The highest BCUT2D eigenvalue weighted by atomic mass is 32.2. The van der Waals surface area contributed by atoms with E-state index in [-0.39, 0.29) is 26.8 Å². The molecule has 3 aromatic rings. The fourth-order valence-corrected chi connectivity index (χ4v) is 5.17. The molecule has 1 aliphatic heterocycles. The average Bonchev–Trinajstić information content (AvgIpc) is 3.51. The number of ether oxygens (including phenoxy) is 1. The zero-order chi connectivity index (χ0) is 23.3. The van der Waals surface area contributed by atoms with Gasteiger partial charge in [0, 0.05) is 18.7 Å². The summed E-state index contributed by atoms with van der Waals surface area (Å²) in [6.07, 6.45) is 1.78. The normalized spacial score (nSPS) is 15.7. The summed E-state index contributed by atoms with van der Waals surface area (Å²) in [6, 6.07) is 14.7. The Hall–Kier alpha value is -3.35. The number of nitrogens with zero attached hydrogens (tertiary/aromatic N) is 2. The number of sulfonamides is 1. The predicted octanol–water partition coefficient (Wildman–Crippen LogP) is 2.50. The topological polar surface area (TPSA) is 139 Å². The van der Waals surface area contributed by atoms with Gasteiger partial charge in [-0.15, -0.1) is 10.2 Å². The van der Waals surface area contributed by atoms with E-state index < -0.39 is 21.8 Å². The minimum absolute atomic E-state index is 0.0341. The Kier molecular flexibility index (Phi) is 6.96. The number of rotatable bonds is 8. The molecule has 0 unspecified atom stereocenters. The van der Waals surface area contributed by atoms with Crippen LogP contribution in [0.3, 0.4) is 0 Å². The van der Waals surface area contributed by atoms with Crippen molar-refractivity contribution in [3.8, 4) is 0 Å². The summed E-state index contributed by atoms with van der Waals surface area (Å²) in [5, 5.41) is 12.8. The van der Waals surface area contributed by atoms with E-state index in [1.807, 2.05) is 0 Å². The number of hydrogen-bond acceptors (Lipinski definition) is 8. The number of aromatic nitrogens is 2. The second kappa shape index (κ2) is 10.1. The van der Waals surface area contributed by atoms with Crippen molar-refractivity contribution in [3.63, 3.8) is 0 Å². The molecule has 0 spiro atoms. The Bertz CT molecular complexity index is 1240. The molecular weight excluding hydrogens is 466 g/mol. The first-order valence-electron chi connectivity index (χ1n) is 10.1. The third-order valence-electron chi connectivity index (χ3n) is 4.82. The van der Waals surface area contributed by atoms with Gasteiger partial charge in [0.15, 0.2) is 0 Å². The third kappa shape index (κ3) is 5.72. The molecule has 2 amide bonds. The van der Waals surface area contributed by atoms with Gasteiger partial charge in [0.05, 0.1) is 17.4 Å². The molecule has 0 radical (unpaired) electrons. The molecule has 10 nitrogen and oxygen atoms in total. The summed E-state index contributed by atoms with van der Waals surface area (Å²) in [5.41, 5.74) is 0.673. The number of para-hydroxylation sites is 1. The van der Waals surface area contributed by atoms with Crippen LogP contribution >= 0.6 is 11.3 Å². The highest BCUT2D eigenvalue weighted by Gasteiger charge is 2.24. The van der Waals surface area contributed by atoms with Crippen LogP contribution in [-0.2, 0) is 14.8 Å². The molecule has 2 aromatic carbocycles. The van der Waals surface area contributed by atoms with Gasteiger partial charge in [-0.05, 0) is 37.1 Å². The van der Waals surface area contributed by atoms with Gasteiger partial charge in [-0.2, -0.15) is 8.42 Å². The molecule has 3 N–H and O–H groups in total. The maximum absolute atomic E-state index is 12.8. The SMILES string of the molecule is O=C(Nc1nnc(S(=O)(=O)Nc2ccccc2C(=O)NC[C@H]2CCCO2)s1)c1ccccc1. The van der Waals surface area contributed by atoms with Crippen LogP contribution in [-0.4, -0.2) is 49.7 Å². The lowest BCUT2D eigenvalue weighted by Crippen LogP contribution is -2.32. The summed E-state index contributed by atoms with van der Waals surface area (Å²) >= 11 is 0.702. The minimum Gasteiger partial charge on any atom is -0.376 e. The first-order chi connectivity index (χ1) is 15.9. The molecule has 0 bridgehead atoms. The molecule has 0 aliphatic carbocycles. The van der Waals surface area contributed by atoms with Crippen molar-refractivity contribution in [3.05, 3.63) is 65.7 Å². The first-order valence-corrected chi connectivity index (χ1v) is 12.4. The molecule has 172 valence electrons. The lowest BCUT2D eigenvalue weighted by molar-refractivity contribution is 0.0858. The van der Waals surface area contributed by atoms with E-state index in [1.54, 1.807) is 42.5 Å². The van der Waals surface area contributed by atoms with Gasteiger partial charge in [0.25, 0.3) is 26.2 Å². The van der Waals surface area contributed by atoms with Crippen LogP contribution in [0.25, 0.3) is 0 Å². The minimum atomic E-state index is -4.14. The van der Waals surface area contributed by atoms with Crippen LogP contribution in [0.15, 0.2) is 58.9 Å². The molecule has 33 heavy (non-hydrogen) atoms. The van der Waals surface area contributed by atoms with Crippen LogP contribution < -0.4 is 15.4 Å². The Labute approximate surface area is 194 Å². The number of carbonyl (C=O) groups is 2. The van der Waals surface area contributed by atoms with Gasteiger partial charge in [-0.25, -0.2) is 0 Å². The Morgan fingerprint density at radius 3 is 2.55 bits per heavy atom. The van der Waals surface area contributed by atoms with E-state index in [0.29, 0.717) is 30.1 Å². The van der Waals surface area contributed by atoms with E-state index in [1.165, 1.54) is 12.1 Å². The maximum Gasteiger partial charge on any atom is 0.291 e. The van der Waals surface area contributed by atoms with Crippen molar-refractivity contribution < 1.29 is 22.7 Å². The quantitative estimate of drug-likeness (QED) is 0.415. The number of nitrogens with one attached hydrogen (secondary N) is 3. The smallest absolute Gasteiger partial charge is 0.291 e. The van der Waals surface area contributed by atoms with Crippen LogP contribution in [0, 0.1) is 0 Å². The van der Waals surface area contributed by atoms with Gasteiger partial charge >= 0.3 is 0 Å². The van der Waals surface area contributed by atoms with Gasteiger partial charge in [0.1, 0.15) is 0 Å². The second-order valence-corrected chi connectivity index (χ2v) is 10.0. The lowest BCUT2D eigenvalue weighted by atomic mass is 10.1. The number of benzene rings is 2. The molecule has 2 heterocycles. The molecular formula is C21H21N5O5S2. The van der Waals surface area contributed by atoms with Gasteiger partial charge in [-0.3, -0.25) is 19.6 Å². The van der Waals surface area contributed by atoms with Gasteiger partial charge in [0.2, 0.25) is 5.13 Å². The van der Waals surface area contributed by atoms with E-state index in [4.69, 9.17) is 4.74 Å². The number of hydrogen-bond donors (Lipinski definition) is 3. The van der Waals surface area contributed by atoms with Crippen molar-refractivity contribution >= 4 is 44.0 Å². The van der Waals surface area contributed by atoms with Crippen LogP contribution in [0.1, 0.15) is 33.6 Å². The van der Waals surface area contributed by atoms with Crippen LogP contribution in [0.4, 0.5) is 10.8 Å². The molecule has 12 heteroatoms. The summed E-state index contributed by atoms with van der Waals surface area (Å²) in [7, 11) is -4.14. The van der Waals surface area contributed by atoms with E-state index in [9.17, 15) is 18.0 Å². The van der Waals surface area contributed by atoms with Crippen molar-refractivity contribution in [1.82, 2.24) is 15.5 Å². The van der Waals surface area contributed by atoms with E-state index in [0.717, 1.165) is 12.8 Å². The number of carbonyl (C=O) groups excluding carboxylic acids is 2. The molecule has 1 atom stereocenters. The van der Waals surface area contributed by atoms with Gasteiger partial charge in [-0.1, -0.05) is 41.7 Å². The Balaban J connectivity index is 1.45. The van der Waals surface area contributed by atoms with Crippen molar-refractivity contribution in [2.75, 3.05) is 23.2 Å². The maximum atomic E-state index is 12.8. The van der Waals surface area contributed by atoms with Crippen LogP contribution in [0.5, 0.6) is 0 Å². The largest absolute Gasteiger partial charge is 0.376 e. The first kappa shape index (κ1) is 22.8. The summed E-state index contributed by atoms with van der Waals surface area (Å²) in [5.74, 6) is -0.853. The average molecular weight is 488 g/mol. The lowest BCUT2D eigenvalue weighted by Gasteiger charge is -2.13. The predicted molar refractivity (Wildman–Crippen MR) is 123 cm³/mol. The van der Waals surface area contributed by atoms with Gasteiger partial charge < -0.3 is 10.1 Å². The fourth-order valence-electron chi connectivity index (χ4n) is 3.19. The summed E-state index contributed by atoms with van der Waals surface area (Å²) in [4.78, 5) is 24.9. The highest BCUT2D eigenvalue weighted by molar-refractivity contribution is 7.94. The monoisotopic (exact) mass is 487 g/mol. The zero-order valence-electron chi connectivity index (χ0n) is 17.4. The molecule has 4 rings (SSSR count). The molecule has 0 saturated carbocycles. The summed E-state index contributed by atoms with van der Waals surface area (Å²) < 4.78 is 33.2. The number of anilines is 2. The standard InChI is InChI=1S/C21H21N5O5S2/c27-18(14-7-2-1-3-8-14)23-20-24-25-21(32-20)33(29,30)26-17-11-5-4-10-16(17)19(28)22-13-15-9-6-12-31-15/h1-5,7-8,10-11,15,26H,6,9,12-13H2,(H,22,28)(H,23,24,27)/t15-/m1/s1.